The van der Waals surface area contributed by atoms with E-state index in [9.17, 15) is 0 Å². The summed E-state index contributed by atoms with van der Waals surface area (Å²) in [7, 11) is 1.66. The van der Waals surface area contributed by atoms with Crippen LogP contribution in [0.5, 0.6) is 5.75 Å². The van der Waals surface area contributed by atoms with Crippen LogP contribution in [0.15, 0.2) is 42.7 Å². The fraction of sp³-hybridized carbons (Fsp3) is 0.214. The first-order valence-corrected chi connectivity index (χ1v) is 6.09. The monoisotopic (exact) mass is 334 g/mol. The Morgan fingerprint density at radius 3 is 2.65 bits per heavy atom. The maximum Gasteiger partial charge on any atom is 0.123 e. The average Bonchev–Trinajstić information content (AvgIpc) is 2.40. The lowest BCUT2D eigenvalue weighted by atomic mass is 10.2. The average molecular weight is 336 g/mol. The standard InChI is InChI=1S/C14H15ClN2O.2ClH/c1-18-14-5-4-13(15)7-12(14)10-17-9-11-3-2-6-16-8-11;;/h2-8,17H,9-10H2,1H3;2*1H. The summed E-state index contributed by atoms with van der Waals surface area (Å²) in [6.07, 6.45) is 3.62. The van der Waals surface area contributed by atoms with Crippen LogP contribution in [-0.4, -0.2) is 12.1 Å². The van der Waals surface area contributed by atoms with Gasteiger partial charge in [-0.15, -0.1) is 24.8 Å². The molecule has 0 spiro atoms. The van der Waals surface area contributed by atoms with Crippen molar-refractivity contribution in [1.82, 2.24) is 10.3 Å². The summed E-state index contributed by atoms with van der Waals surface area (Å²) in [5.41, 5.74) is 2.20. The topological polar surface area (TPSA) is 34.1 Å². The normalized spacial score (nSPS) is 9.30. The van der Waals surface area contributed by atoms with Gasteiger partial charge in [0, 0.05) is 36.1 Å². The van der Waals surface area contributed by atoms with Gasteiger partial charge in [-0.2, -0.15) is 0 Å². The van der Waals surface area contributed by atoms with Crippen molar-refractivity contribution in [2.45, 2.75) is 13.1 Å². The molecule has 1 heterocycles. The van der Waals surface area contributed by atoms with Crippen molar-refractivity contribution in [2.75, 3.05) is 7.11 Å². The highest BCUT2D eigenvalue weighted by molar-refractivity contribution is 6.30. The van der Waals surface area contributed by atoms with Crippen LogP contribution in [0.4, 0.5) is 0 Å². The molecule has 0 unspecified atom stereocenters. The fourth-order valence-electron chi connectivity index (χ4n) is 1.73. The van der Waals surface area contributed by atoms with Crippen molar-refractivity contribution in [3.8, 4) is 5.75 Å². The number of rotatable bonds is 5. The Kier molecular flexibility index (Phi) is 9.34. The van der Waals surface area contributed by atoms with Crippen molar-refractivity contribution < 1.29 is 4.74 Å². The third-order valence-corrected chi connectivity index (χ3v) is 2.84. The molecule has 0 radical (unpaired) electrons. The number of nitrogens with zero attached hydrogens (tertiary/aromatic N) is 1. The number of ether oxygens (including phenoxy) is 1. The molecular weight excluding hydrogens is 319 g/mol. The zero-order valence-electron chi connectivity index (χ0n) is 11.0. The van der Waals surface area contributed by atoms with Gasteiger partial charge in [0.15, 0.2) is 0 Å². The Labute approximate surface area is 136 Å². The van der Waals surface area contributed by atoms with Gasteiger partial charge in [0.25, 0.3) is 0 Å². The van der Waals surface area contributed by atoms with Gasteiger partial charge in [-0.05, 0) is 29.8 Å². The third kappa shape index (κ3) is 5.55. The van der Waals surface area contributed by atoms with E-state index in [1.807, 2.05) is 36.5 Å². The smallest absolute Gasteiger partial charge is 0.123 e. The van der Waals surface area contributed by atoms with Gasteiger partial charge < -0.3 is 10.1 Å². The molecule has 1 N–H and O–H groups in total. The van der Waals surface area contributed by atoms with Crippen LogP contribution < -0.4 is 10.1 Å². The van der Waals surface area contributed by atoms with E-state index in [0.29, 0.717) is 11.6 Å². The molecule has 0 fully saturated rings. The Morgan fingerprint density at radius 2 is 2.00 bits per heavy atom. The molecule has 0 bridgehead atoms. The van der Waals surface area contributed by atoms with E-state index in [-0.39, 0.29) is 24.8 Å². The summed E-state index contributed by atoms with van der Waals surface area (Å²) in [6.45, 7) is 1.47. The quantitative estimate of drug-likeness (QED) is 0.900. The summed E-state index contributed by atoms with van der Waals surface area (Å²) >= 11 is 5.98. The molecule has 0 aliphatic rings. The van der Waals surface area contributed by atoms with Crippen LogP contribution in [0.1, 0.15) is 11.1 Å². The largest absolute Gasteiger partial charge is 0.496 e. The maximum absolute atomic E-state index is 5.98. The SMILES string of the molecule is COc1ccc(Cl)cc1CNCc1cccnc1.Cl.Cl. The first-order valence-electron chi connectivity index (χ1n) is 5.71. The molecule has 2 aromatic rings. The lowest BCUT2D eigenvalue weighted by Gasteiger charge is -2.10. The molecule has 0 atom stereocenters. The minimum atomic E-state index is 0. The number of aromatic nitrogens is 1. The van der Waals surface area contributed by atoms with Crippen molar-refractivity contribution >= 4 is 36.4 Å². The molecule has 110 valence electrons. The molecule has 1 aromatic carbocycles. The molecule has 0 saturated carbocycles. The minimum absolute atomic E-state index is 0. The molecule has 0 amide bonds. The highest BCUT2D eigenvalue weighted by atomic mass is 35.5. The molecule has 20 heavy (non-hydrogen) atoms. The molecule has 0 saturated heterocycles. The number of hydrogen-bond acceptors (Lipinski definition) is 3. The number of benzene rings is 1. The highest BCUT2D eigenvalue weighted by Gasteiger charge is 2.03. The number of nitrogens with one attached hydrogen (secondary N) is 1. The fourth-order valence-corrected chi connectivity index (χ4v) is 1.92. The number of methoxy groups -OCH3 is 1. The lowest BCUT2D eigenvalue weighted by Crippen LogP contribution is -2.13. The third-order valence-electron chi connectivity index (χ3n) is 2.61. The van der Waals surface area contributed by atoms with Crippen molar-refractivity contribution in [3.05, 3.63) is 58.9 Å². The van der Waals surface area contributed by atoms with Gasteiger partial charge in [-0.3, -0.25) is 4.98 Å². The van der Waals surface area contributed by atoms with E-state index < -0.39 is 0 Å². The second kappa shape index (κ2) is 9.83. The van der Waals surface area contributed by atoms with E-state index in [0.717, 1.165) is 23.4 Å². The van der Waals surface area contributed by atoms with Crippen molar-refractivity contribution in [2.24, 2.45) is 0 Å². The number of hydrogen-bond donors (Lipinski definition) is 1. The molecule has 1 aromatic heterocycles. The van der Waals surface area contributed by atoms with E-state index >= 15 is 0 Å². The second-order valence-corrected chi connectivity index (χ2v) is 4.36. The first-order chi connectivity index (χ1) is 8.79. The van der Waals surface area contributed by atoms with Gasteiger partial charge in [-0.25, -0.2) is 0 Å². The second-order valence-electron chi connectivity index (χ2n) is 3.92. The summed E-state index contributed by atoms with van der Waals surface area (Å²) in [5, 5.41) is 4.06. The summed E-state index contributed by atoms with van der Waals surface area (Å²) < 4.78 is 5.29. The predicted molar refractivity (Wildman–Crippen MR) is 87.3 cm³/mol. The Hall–Kier alpha value is -1.00. The van der Waals surface area contributed by atoms with E-state index in [1.165, 1.54) is 0 Å². The molecule has 6 heteroatoms. The van der Waals surface area contributed by atoms with Gasteiger partial charge >= 0.3 is 0 Å². The van der Waals surface area contributed by atoms with Gasteiger partial charge in [0.2, 0.25) is 0 Å². The molecule has 3 nitrogen and oxygen atoms in total. The van der Waals surface area contributed by atoms with Crippen LogP contribution in [0.3, 0.4) is 0 Å². The van der Waals surface area contributed by atoms with Crippen molar-refractivity contribution in [3.63, 3.8) is 0 Å². The highest BCUT2D eigenvalue weighted by Crippen LogP contribution is 2.22. The first kappa shape index (κ1) is 19.0. The zero-order valence-corrected chi connectivity index (χ0v) is 13.4. The van der Waals surface area contributed by atoms with Gasteiger partial charge in [0.1, 0.15) is 5.75 Å². The van der Waals surface area contributed by atoms with Crippen LogP contribution in [0, 0.1) is 0 Å². The van der Waals surface area contributed by atoms with Crippen molar-refractivity contribution in [1.29, 1.82) is 0 Å². The zero-order chi connectivity index (χ0) is 12.8. The maximum atomic E-state index is 5.98. The van der Waals surface area contributed by atoms with Gasteiger partial charge in [-0.1, -0.05) is 17.7 Å². The van der Waals surface area contributed by atoms with Crippen LogP contribution in [-0.2, 0) is 13.1 Å². The Bertz CT molecular complexity index is 509. The number of pyridine rings is 1. The Morgan fingerprint density at radius 1 is 1.20 bits per heavy atom. The molecular formula is C14H17Cl3N2O. The molecule has 0 aliphatic heterocycles. The summed E-state index contributed by atoms with van der Waals surface area (Å²) in [4.78, 5) is 4.07. The van der Waals surface area contributed by atoms with Crippen LogP contribution >= 0.6 is 36.4 Å². The predicted octanol–water partition coefficient (Wildman–Crippen LogP) is 3.88. The van der Waals surface area contributed by atoms with E-state index in [4.69, 9.17) is 16.3 Å². The van der Waals surface area contributed by atoms with Gasteiger partial charge in [0.05, 0.1) is 7.11 Å². The summed E-state index contributed by atoms with van der Waals surface area (Å²) in [6, 6.07) is 9.58. The molecule has 0 aliphatic carbocycles. The summed E-state index contributed by atoms with van der Waals surface area (Å²) in [5.74, 6) is 0.845. The lowest BCUT2D eigenvalue weighted by molar-refractivity contribution is 0.407. The van der Waals surface area contributed by atoms with E-state index in [2.05, 4.69) is 10.3 Å². The molecule has 2 rings (SSSR count). The number of halogens is 3. The Balaban J connectivity index is 0.00000180. The van der Waals surface area contributed by atoms with Crippen LogP contribution in [0.25, 0.3) is 0 Å². The van der Waals surface area contributed by atoms with E-state index in [1.54, 1.807) is 13.3 Å². The minimum Gasteiger partial charge on any atom is -0.496 e. The van der Waals surface area contributed by atoms with Crippen LogP contribution in [0.2, 0.25) is 5.02 Å².